The summed E-state index contributed by atoms with van der Waals surface area (Å²) in [4.78, 5) is 8.49. The molecule has 0 aliphatic heterocycles. The third-order valence-electron chi connectivity index (χ3n) is 3.52. The summed E-state index contributed by atoms with van der Waals surface area (Å²) >= 11 is 3.45. The van der Waals surface area contributed by atoms with Crippen LogP contribution >= 0.6 is 15.9 Å². The normalized spacial score (nSPS) is 11.2. The van der Waals surface area contributed by atoms with Crippen LogP contribution in [0.15, 0.2) is 23.1 Å². The minimum absolute atomic E-state index is 0.0868. The molecule has 0 saturated heterocycles. The maximum absolute atomic E-state index is 5.94. The van der Waals surface area contributed by atoms with E-state index in [-0.39, 0.29) is 6.10 Å². The standard InChI is InChI=1S/C16H18BrN5O/c1-8(2)23-12-6-10(4)9(3)5-11(12)20-15-13-14(17)21-22-16(13)19-7-18-15/h5-8H,1-4H3,(H2,18,19,20,21,22). The molecule has 6 nitrogen and oxygen atoms in total. The van der Waals surface area contributed by atoms with Crippen LogP contribution in [-0.2, 0) is 0 Å². The highest BCUT2D eigenvalue weighted by atomic mass is 79.9. The largest absolute Gasteiger partial charge is 0.489 e. The molecule has 0 unspecified atom stereocenters. The average molecular weight is 376 g/mol. The van der Waals surface area contributed by atoms with Gasteiger partial charge in [-0.15, -0.1) is 0 Å². The lowest BCUT2D eigenvalue weighted by Crippen LogP contribution is -2.08. The number of hydrogen-bond acceptors (Lipinski definition) is 5. The third-order valence-corrected chi connectivity index (χ3v) is 4.09. The summed E-state index contributed by atoms with van der Waals surface area (Å²) in [7, 11) is 0. The molecule has 0 atom stereocenters. The quantitative estimate of drug-likeness (QED) is 0.712. The van der Waals surface area contributed by atoms with Gasteiger partial charge in [-0.25, -0.2) is 9.97 Å². The fraction of sp³-hybridized carbons (Fsp3) is 0.312. The van der Waals surface area contributed by atoms with Gasteiger partial charge in [-0.2, -0.15) is 5.10 Å². The number of halogens is 1. The molecule has 2 N–H and O–H groups in total. The van der Waals surface area contributed by atoms with Crippen molar-refractivity contribution in [3.05, 3.63) is 34.2 Å². The molecule has 0 fully saturated rings. The van der Waals surface area contributed by atoms with Crippen LogP contribution in [0.25, 0.3) is 11.0 Å². The number of nitrogens with zero attached hydrogens (tertiary/aromatic N) is 3. The minimum atomic E-state index is 0.0868. The van der Waals surface area contributed by atoms with Crippen molar-refractivity contribution in [2.45, 2.75) is 33.8 Å². The molecule has 2 heterocycles. The lowest BCUT2D eigenvalue weighted by molar-refractivity contribution is 0.243. The van der Waals surface area contributed by atoms with Crippen molar-refractivity contribution in [1.82, 2.24) is 20.2 Å². The summed E-state index contributed by atoms with van der Waals surface area (Å²) in [6.45, 7) is 8.16. The van der Waals surface area contributed by atoms with Crippen LogP contribution in [0.1, 0.15) is 25.0 Å². The molecule has 0 saturated carbocycles. The average Bonchev–Trinajstić information content (AvgIpc) is 2.86. The summed E-state index contributed by atoms with van der Waals surface area (Å²) in [5.74, 6) is 1.47. The number of H-pyrrole nitrogens is 1. The van der Waals surface area contributed by atoms with Gasteiger partial charge in [-0.3, -0.25) is 5.10 Å². The first kappa shape index (κ1) is 15.7. The van der Waals surface area contributed by atoms with Crippen molar-refractivity contribution >= 4 is 38.5 Å². The van der Waals surface area contributed by atoms with Gasteiger partial charge in [-0.1, -0.05) is 0 Å². The van der Waals surface area contributed by atoms with E-state index in [1.807, 2.05) is 19.9 Å². The smallest absolute Gasteiger partial charge is 0.187 e. The van der Waals surface area contributed by atoms with E-state index in [0.29, 0.717) is 11.5 Å². The predicted octanol–water partition coefficient (Wildman–Crippen LogP) is 4.26. The Kier molecular flexibility index (Phi) is 4.21. The summed E-state index contributed by atoms with van der Waals surface area (Å²) < 4.78 is 6.68. The zero-order valence-corrected chi connectivity index (χ0v) is 15.0. The van der Waals surface area contributed by atoms with E-state index in [1.54, 1.807) is 0 Å². The number of hydrogen-bond donors (Lipinski definition) is 2. The topological polar surface area (TPSA) is 75.7 Å². The molecule has 3 aromatic rings. The molecule has 23 heavy (non-hydrogen) atoms. The molecule has 1 aromatic carbocycles. The van der Waals surface area contributed by atoms with Crippen LogP contribution in [0.4, 0.5) is 11.5 Å². The van der Waals surface area contributed by atoms with Crippen LogP contribution in [0, 0.1) is 13.8 Å². The Balaban J connectivity index is 2.07. The number of aromatic nitrogens is 4. The van der Waals surface area contributed by atoms with E-state index < -0.39 is 0 Å². The Bertz CT molecular complexity index is 859. The molecule has 0 spiro atoms. The van der Waals surface area contributed by atoms with Gasteiger partial charge in [0.1, 0.15) is 22.5 Å². The van der Waals surface area contributed by atoms with Crippen LogP contribution in [0.2, 0.25) is 0 Å². The van der Waals surface area contributed by atoms with Crippen LogP contribution in [-0.4, -0.2) is 26.3 Å². The van der Waals surface area contributed by atoms with Gasteiger partial charge < -0.3 is 10.1 Å². The van der Waals surface area contributed by atoms with Crippen molar-refractivity contribution in [2.75, 3.05) is 5.32 Å². The number of benzene rings is 1. The number of aromatic amines is 1. The third kappa shape index (κ3) is 3.14. The van der Waals surface area contributed by atoms with Crippen molar-refractivity contribution < 1.29 is 4.74 Å². The van der Waals surface area contributed by atoms with E-state index in [2.05, 4.69) is 61.3 Å². The van der Waals surface area contributed by atoms with Crippen LogP contribution < -0.4 is 10.1 Å². The highest BCUT2D eigenvalue weighted by Crippen LogP contribution is 2.34. The number of fused-ring (bicyclic) bond motifs is 1. The Morgan fingerprint density at radius 3 is 2.65 bits per heavy atom. The molecule has 0 aliphatic rings. The molecular weight excluding hydrogens is 358 g/mol. The van der Waals surface area contributed by atoms with Crippen molar-refractivity contribution in [3.63, 3.8) is 0 Å². The number of ether oxygens (including phenoxy) is 1. The first-order valence-electron chi connectivity index (χ1n) is 7.35. The van der Waals surface area contributed by atoms with E-state index >= 15 is 0 Å². The highest BCUT2D eigenvalue weighted by molar-refractivity contribution is 9.10. The highest BCUT2D eigenvalue weighted by Gasteiger charge is 2.14. The summed E-state index contributed by atoms with van der Waals surface area (Å²) in [5, 5.41) is 11.1. The minimum Gasteiger partial charge on any atom is -0.489 e. The lowest BCUT2D eigenvalue weighted by atomic mass is 10.1. The predicted molar refractivity (Wildman–Crippen MR) is 94.3 cm³/mol. The van der Waals surface area contributed by atoms with Gasteiger partial charge in [-0.05, 0) is 66.9 Å². The maximum atomic E-state index is 5.94. The molecule has 2 aromatic heterocycles. The van der Waals surface area contributed by atoms with E-state index in [4.69, 9.17) is 4.74 Å². The summed E-state index contributed by atoms with van der Waals surface area (Å²) in [6, 6.07) is 4.11. The molecule has 0 amide bonds. The maximum Gasteiger partial charge on any atom is 0.187 e. The van der Waals surface area contributed by atoms with Crippen molar-refractivity contribution in [2.24, 2.45) is 0 Å². The number of rotatable bonds is 4. The second kappa shape index (κ2) is 6.16. The van der Waals surface area contributed by atoms with Crippen LogP contribution in [0.5, 0.6) is 5.75 Å². The van der Waals surface area contributed by atoms with Gasteiger partial charge in [0.05, 0.1) is 17.2 Å². The Hall–Kier alpha value is -2.15. The Labute approximate surface area is 142 Å². The van der Waals surface area contributed by atoms with Crippen molar-refractivity contribution in [3.8, 4) is 5.75 Å². The van der Waals surface area contributed by atoms with Gasteiger partial charge in [0.15, 0.2) is 5.65 Å². The monoisotopic (exact) mass is 375 g/mol. The molecule has 7 heteroatoms. The molecule has 0 radical (unpaired) electrons. The molecule has 0 aliphatic carbocycles. The molecule has 0 bridgehead atoms. The first-order valence-corrected chi connectivity index (χ1v) is 8.14. The fourth-order valence-corrected chi connectivity index (χ4v) is 2.74. The Morgan fingerprint density at radius 1 is 1.17 bits per heavy atom. The van der Waals surface area contributed by atoms with Crippen molar-refractivity contribution in [1.29, 1.82) is 0 Å². The van der Waals surface area contributed by atoms with Gasteiger partial charge in [0.2, 0.25) is 0 Å². The molecule has 3 rings (SSSR count). The van der Waals surface area contributed by atoms with Crippen LogP contribution in [0.3, 0.4) is 0 Å². The van der Waals surface area contributed by atoms with E-state index in [9.17, 15) is 0 Å². The van der Waals surface area contributed by atoms with Gasteiger partial charge in [0, 0.05) is 0 Å². The molecule has 120 valence electrons. The van der Waals surface area contributed by atoms with Gasteiger partial charge >= 0.3 is 0 Å². The van der Waals surface area contributed by atoms with Gasteiger partial charge in [0.25, 0.3) is 0 Å². The number of anilines is 2. The molecular formula is C16H18BrN5O. The summed E-state index contributed by atoms with van der Waals surface area (Å²) in [6.07, 6.45) is 1.57. The second-order valence-corrected chi connectivity index (χ2v) is 6.48. The first-order chi connectivity index (χ1) is 11.0. The SMILES string of the molecule is Cc1cc(Nc2ncnc3n[nH]c(Br)c23)c(OC(C)C)cc1C. The second-order valence-electron chi connectivity index (χ2n) is 5.68. The zero-order valence-electron chi connectivity index (χ0n) is 13.4. The van der Waals surface area contributed by atoms with E-state index in [1.165, 1.54) is 17.5 Å². The summed E-state index contributed by atoms with van der Waals surface area (Å²) in [5.41, 5.74) is 3.84. The fourth-order valence-electron chi connectivity index (χ4n) is 2.28. The number of aryl methyl sites for hydroxylation is 2. The van der Waals surface area contributed by atoms with E-state index in [0.717, 1.165) is 21.4 Å². The zero-order chi connectivity index (χ0) is 16.6. The Morgan fingerprint density at radius 2 is 1.91 bits per heavy atom. The lowest BCUT2D eigenvalue weighted by Gasteiger charge is -2.17. The number of nitrogens with one attached hydrogen (secondary N) is 2.